The molecule has 13 heavy (non-hydrogen) atoms. The van der Waals surface area contributed by atoms with Crippen LogP contribution in [0.4, 0.5) is 0 Å². The van der Waals surface area contributed by atoms with Crippen LogP contribution in [0.2, 0.25) is 5.02 Å². The van der Waals surface area contributed by atoms with Crippen LogP contribution in [0.1, 0.15) is 11.1 Å². The van der Waals surface area contributed by atoms with Crippen molar-refractivity contribution in [3.05, 3.63) is 33.7 Å². The van der Waals surface area contributed by atoms with Crippen molar-refractivity contribution in [2.75, 3.05) is 0 Å². The molecule has 2 rings (SSSR count). The molecule has 0 atom stereocenters. The standard InChI is InChI=1S/C10H9ClOS/c1-6-2-10-8(3-7(6)4-12)9(11)5-13-10/h2-3,5,12H,4H2,1H3. The van der Waals surface area contributed by atoms with Gasteiger partial charge in [-0.3, -0.25) is 0 Å². The van der Waals surface area contributed by atoms with Gasteiger partial charge >= 0.3 is 0 Å². The van der Waals surface area contributed by atoms with Crippen molar-refractivity contribution in [3.8, 4) is 0 Å². The number of hydrogen-bond donors (Lipinski definition) is 1. The van der Waals surface area contributed by atoms with Gasteiger partial charge in [-0.1, -0.05) is 11.6 Å². The minimum atomic E-state index is 0.0773. The molecule has 1 aromatic carbocycles. The molecule has 1 aromatic heterocycles. The molecule has 1 heterocycles. The van der Waals surface area contributed by atoms with E-state index in [1.54, 1.807) is 11.3 Å². The summed E-state index contributed by atoms with van der Waals surface area (Å²) in [5, 5.41) is 12.8. The average Bonchev–Trinajstić information content (AvgIpc) is 2.46. The Hall–Kier alpha value is -0.570. The Morgan fingerprint density at radius 3 is 2.92 bits per heavy atom. The first-order valence-corrected chi connectivity index (χ1v) is 5.25. The first-order valence-electron chi connectivity index (χ1n) is 3.99. The molecule has 0 bridgehead atoms. The third-order valence-corrected chi connectivity index (χ3v) is 3.54. The molecule has 3 heteroatoms. The van der Waals surface area contributed by atoms with Crippen LogP contribution in [-0.4, -0.2) is 5.11 Å². The Balaban J connectivity index is 2.77. The first-order chi connectivity index (χ1) is 6.22. The highest BCUT2D eigenvalue weighted by Gasteiger charge is 2.05. The quantitative estimate of drug-likeness (QED) is 0.769. The van der Waals surface area contributed by atoms with E-state index in [-0.39, 0.29) is 6.61 Å². The van der Waals surface area contributed by atoms with E-state index in [2.05, 4.69) is 6.07 Å². The van der Waals surface area contributed by atoms with Crippen LogP contribution in [0.15, 0.2) is 17.5 Å². The number of aryl methyl sites for hydroxylation is 1. The number of thiophene rings is 1. The highest BCUT2D eigenvalue weighted by molar-refractivity contribution is 7.17. The normalized spacial score (nSPS) is 11.0. The fraction of sp³-hybridized carbons (Fsp3) is 0.200. The lowest BCUT2D eigenvalue weighted by Gasteiger charge is -2.02. The van der Waals surface area contributed by atoms with E-state index >= 15 is 0 Å². The summed E-state index contributed by atoms with van der Waals surface area (Å²) >= 11 is 7.62. The molecule has 0 unspecified atom stereocenters. The number of rotatable bonds is 1. The van der Waals surface area contributed by atoms with Gasteiger partial charge in [0.1, 0.15) is 0 Å². The SMILES string of the molecule is Cc1cc2scc(Cl)c2cc1CO. The van der Waals surface area contributed by atoms with Gasteiger partial charge in [-0.15, -0.1) is 11.3 Å². The van der Waals surface area contributed by atoms with Crippen LogP contribution in [0.3, 0.4) is 0 Å². The van der Waals surface area contributed by atoms with Gasteiger partial charge in [0.15, 0.2) is 0 Å². The molecule has 1 nitrogen and oxygen atoms in total. The second-order valence-electron chi connectivity index (χ2n) is 3.02. The maximum atomic E-state index is 9.07. The van der Waals surface area contributed by atoms with Crippen molar-refractivity contribution >= 4 is 33.0 Å². The van der Waals surface area contributed by atoms with Crippen molar-refractivity contribution in [3.63, 3.8) is 0 Å². The Morgan fingerprint density at radius 1 is 1.46 bits per heavy atom. The van der Waals surface area contributed by atoms with Gasteiger partial charge in [-0.2, -0.15) is 0 Å². The zero-order chi connectivity index (χ0) is 9.42. The van der Waals surface area contributed by atoms with Crippen LogP contribution >= 0.6 is 22.9 Å². The van der Waals surface area contributed by atoms with Crippen molar-refractivity contribution in [1.82, 2.24) is 0 Å². The van der Waals surface area contributed by atoms with E-state index in [1.807, 2.05) is 18.4 Å². The van der Waals surface area contributed by atoms with Gasteiger partial charge in [0.05, 0.1) is 11.6 Å². The van der Waals surface area contributed by atoms with E-state index in [0.717, 1.165) is 21.5 Å². The largest absolute Gasteiger partial charge is 0.392 e. The monoisotopic (exact) mass is 212 g/mol. The molecule has 0 fully saturated rings. The fourth-order valence-corrected chi connectivity index (χ4v) is 2.60. The average molecular weight is 213 g/mol. The number of aliphatic hydroxyl groups excluding tert-OH is 1. The maximum absolute atomic E-state index is 9.07. The maximum Gasteiger partial charge on any atom is 0.0684 e. The lowest BCUT2D eigenvalue weighted by Crippen LogP contribution is -1.87. The highest BCUT2D eigenvalue weighted by atomic mass is 35.5. The van der Waals surface area contributed by atoms with E-state index in [4.69, 9.17) is 16.7 Å². The minimum Gasteiger partial charge on any atom is -0.392 e. The lowest BCUT2D eigenvalue weighted by molar-refractivity contribution is 0.281. The fourth-order valence-electron chi connectivity index (χ4n) is 1.36. The minimum absolute atomic E-state index is 0.0773. The number of aliphatic hydroxyl groups is 1. The molecule has 1 N–H and O–H groups in total. The molecule has 0 aliphatic heterocycles. The molecular weight excluding hydrogens is 204 g/mol. The topological polar surface area (TPSA) is 20.2 Å². The smallest absolute Gasteiger partial charge is 0.0684 e. The molecule has 0 spiro atoms. The summed E-state index contributed by atoms with van der Waals surface area (Å²) in [5.74, 6) is 0. The molecule has 0 saturated carbocycles. The molecule has 0 aliphatic carbocycles. The zero-order valence-electron chi connectivity index (χ0n) is 7.17. The van der Waals surface area contributed by atoms with Crippen molar-refractivity contribution in [1.29, 1.82) is 0 Å². The summed E-state index contributed by atoms with van der Waals surface area (Å²) < 4.78 is 1.18. The van der Waals surface area contributed by atoms with Crippen LogP contribution in [0.25, 0.3) is 10.1 Å². The second kappa shape index (κ2) is 3.29. The summed E-state index contributed by atoms with van der Waals surface area (Å²) in [5.41, 5.74) is 2.07. The first kappa shape index (κ1) is 9.00. The Kier molecular flexibility index (Phi) is 2.28. The van der Waals surface area contributed by atoms with Crippen molar-refractivity contribution in [2.45, 2.75) is 13.5 Å². The van der Waals surface area contributed by atoms with Crippen LogP contribution in [-0.2, 0) is 6.61 Å². The second-order valence-corrected chi connectivity index (χ2v) is 4.34. The van der Waals surface area contributed by atoms with E-state index < -0.39 is 0 Å². The molecular formula is C10H9ClOS. The third-order valence-electron chi connectivity index (χ3n) is 2.16. The van der Waals surface area contributed by atoms with Gasteiger partial charge in [0.2, 0.25) is 0 Å². The van der Waals surface area contributed by atoms with Gasteiger partial charge in [0, 0.05) is 15.5 Å². The van der Waals surface area contributed by atoms with Crippen LogP contribution in [0.5, 0.6) is 0 Å². The molecule has 68 valence electrons. The van der Waals surface area contributed by atoms with Crippen molar-refractivity contribution < 1.29 is 5.11 Å². The highest BCUT2D eigenvalue weighted by Crippen LogP contribution is 2.31. The number of benzene rings is 1. The van der Waals surface area contributed by atoms with Gasteiger partial charge < -0.3 is 5.11 Å². The Bertz CT molecular complexity index is 447. The van der Waals surface area contributed by atoms with E-state index in [0.29, 0.717) is 0 Å². The molecule has 0 saturated heterocycles. The number of hydrogen-bond acceptors (Lipinski definition) is 2. The Morgan fingerprint density at radius 2 is 2.23 bits per heavy atom. The number of fused-ring (bicyclic) bond motifs is 1. The summed E-state index contributed by atoms with van der Waals surface area (Å²) in [6.07, 6.45) is 0. The third kappa shape index (κ3) is 1.46. The molecule has 0 aliphatic rings. The molecule has 0 amide bonds. The predicted molar refractivity (Wildman–Crippen MR) is 57.5 cm³/mol. The summed E-state index contributed by atoms with van der Waals surface area (Å²) in [7, 11) is 0. The predicted octanol–water partition coefficient (Wildman–Crippen LogP) is 3.36. The summed E-state index contributed by atoms with van der Waals surface area (Å²) in [6.45, 7) is 2.08. The van der Waals surface area contributed by atoms with E-state index in [1.165, 1.54) is 4.70 Å². The molecule has 0 radical (unpaired) electrons. The van der Waals surface area contributed by atoms with E-state index in [9.17, 15) is 0 Å². The number of halogens is 1. The zero-order valence-corrected chi connectivity index (χ0v) is 8.75. The summed E-state index contributed by atoms with van der Waals surface area (Å²) in [4.78, 5) is 0. The van der Waals surface area contributed by atoms with Crippen LogP contribution in [0, 0.1) is 6.92 Å². The summed E-state index contributed by atoms with van der Waals surface area (Å²) in [6, 6.07) is 4.03. The molecule has 2 aromatic rings. The lowest BCUT2D eigenvalue weighted by atomic mass is 10.1. The van der Waals surface area contributed by atoms with Gasteiger partial charge in [-0.05, 0) is 30.2 Å². The van der Waals surface area contributed by atoms with Crippen LogP contribution < -0.4 is 0 Å². The Labute approximate surface area is 85.6 Å². The van der Waals surface area contributed by atoms with Gasteiger partial charge in [0.25, 0.3) is 0 Å². The van der Waals surface area contributed by atoms with Gasteiger partial charge in [-0.25, -0.2) is 0 Å². The van der Waals surface area contributed by atoms with Crippen molar-refractivity contribution in [2.24, 2.45) is 0 Å².